The van der Waals surface area contributed by atoms with Crippen LogP contribution in [0.3, 0.4) is 0 Å². The van der Waals surface area contributed by atoms with Crippen LogP contribution in [0.2, 0.25) is 0 Å². The largest absolute Gasteiger partial charge is 0.462 e. The van der Waals surface area contributed by atoms with Crippen LogP contribution in [0, 0.1) is 0 Å². The van der Waals surface area contributed by atoms with Gasteiger partial charge >= 0.3 is 5.97 Å². The summed E-state index contributed by atoms with van der Waals surface area (Å²) in [4.78, 5) is 23.1. The Hall–Kier alpha value is -3.41. The topological polar surface area (TPSA) is 67.3 Å². The minimum Gasteiger partial charge on any atom is -0.462 e. The Kier molecular flexibility index (Phi) is 6.79. The lowest BCUT2D eigenvalue weighted by molar-refractivity contribution is 0.0526. The Labute approximate surface area is 171 Å². The molecule has 0 aliphatic carbocycles. The number of hydrogen-bond acceptors (Lipinski definition) is 6. The van der Waals surface area contributed by atoms with Crippen molar-refractivity contribution in [2.45, 2.75) is 33.4 Å². The van der Waals surface area contributed by atoms with E-state index < -0.39 is 0 Å². The van der Waals surface area contributed by atoms with Crippen LogP contribution in [-0.2, 0) is 11.3 Å². The normalized spacial score (nSPS) is 10.6. The Morgan fingerprint density at radius 1 is 1.07 bits per heavy atom. The molecule has 2 aromatic carbocycles. The molecule has 6 heteroatoms. The maximum atomic E-state index is 11.8. The summed E-state index contributed by atoms with van der Waals surface area (Å²) in [5.41, 5.74) is 2.56. The van der Waals surface area contributed by atoms with Crippen LogP contribution >= 0.6 is 0 Å². The van der Waals surface area contributed by atoms with Gasteiger partial charge in [0.05, 0.1) is 12.2 Å². The van der Waals surface area contributed by atoms with E-state index in [2.05, 4.69) is 46.2 Å². The summed E-state index contributed by atoms with van der Waals surface area (Å²) in [5.74, 6) is 1.03. The molecule has 0 bridgehead atoms. The van der Waals surface area contributed by atoms with Crippen molar-refractivity contribution in [2.75, 3.05) is 16.8 Å². The minimum atomic E-state index is -0.322. The molecule has 1 N–H and O–H groups in total. The predicted octanol–water partition coefficient (Wildman–Crippen LogP) is 4.81. The molecule has 3 aromatic rings. The zero-order valence-electron chi connectivity index (χ0n) is 17.0. The van der Waals surface area contributed by atoms with E-state index >= 15 is 0 Å². The number of aromatic nitrogens is 2. The first-order chi connectivity index (χ1) is 14.1. The second-order valence-corrected chi connectivity index (χ2v) is 6.87. The van der Waals surface area contributed by atoms with Gasteiger partial charge in [0, 0.05) is 24.5 Å². The van der Waals surface area contributed by atoms with Crippen molar-refractivity contribution in [3.63, 3.8) is 0 Å². The zero-order valence-corrected chi connectivity index (χ0v) is 17.0. The first-order valence-electron chi connectivity index (χ1n) is 9.74. The number of nitrogens with one attached hydrogen (secondary N) is 1. The van der Waals surface area contributed by atoms with Crippen LogP contribution < -0.4 is 10.2 Å². The number of rotatable bonds is 8. The number of carbonyl (C=O) groups is 1. The average Bonchev–Trinajstić information content (AvgIpc) is 2.73. The van der Waals surface area contributed by atoms with Gasteiger partial charge in [-0.15, -0.1) is 0 Å². The first-order valence-corrected chi connectivity index (χ1v) is 9.74. The number of anilines is 3. The van der Waals surface area contributed by atoms with Gasteiger partial charge in [-0.1, -0.05) is 30.3 Å². The van der Waals surface area contributed by atoms with E-state index in [1.54, 1.807) is 25.3 Å². The van der Waals surface area contributed by atoms with Crippen LogP contribution in [0.1, 0.15) is 36.7 Å². The molecule has 0 aliphatic rings. The Morgan fingerprint density at radius 2 is 1.79 bits per heavy atom. The molecule has 3 rings (SSSR count). The van der Waals surface area contributed by atoms with Gasteiger partial charge in [0.1, 0.15) is 5.82 Å². The van der Waals surface area contributed by atoms with Crippen molar-refractivity contribution in [1.82, 2.24) is 9.97 Å². The molecule has 0 fully saturated rings. The highest BCUT2D eigenvalue weighted by Crippen LogP contribution is 2.20. The zero-order chi connectivity index (χ0) is 20.6. The molecule has 0 saturated carbocycles. The molecule has 0 radical (unpaired) electrons. The molecule has 1 heterocycles. The van der Waals surface area contributed by atoms with Crippen molar-refractivity contribution in [2.24, 2.45) is 0 Å². The van der Waals surface area contributed by atoms with Crippen molar-refractivity contribution < 1.29 is 9.53 Å². The van der Waals surface area contributed by atoms with E-state index in [9.17, 15) is 4.79 Å². The number of esters is 1. The van der Waals surface area contributed by atoms with E-state index in [0.717, 1.165) is 12.2 Å². The van der Waals surface area contributed by atoms with Crippen LogP contribution in [0.25, 0.3) is 0 Å². The van der Waals surface area contributed by atoms with Gasteiger partial charge < -0.3 is 15.0 Å². The maximum Gasteiger partial charge on any atom is 0.338 e. The predicted molar refractivity (Wildman–Crippen MR) is 115 cm³/mol. The molecular weight excluding hydrogens is 364 g/mol. The summed E-state index contributed by atoms with van der Waals surface area (Å²) in [6, 6.07) is 19.5. The second-order valence-electron chi connectivity index (χ2n) is 6.87. The Bertz CT molecular complexity index is 927. The highest BCUT2D eigenvalue weighted by molar-refractivity contribution is 5.89. The van der Waals surface area contributed by atoms with Crippen molar-refractivity contribution in [3.05, 3.63) is 78.0 Å². The number of hydrogen-bond donors (Lipinski definition) is 1. The van der Waals surface area contributed by atoms with E-state index in [1.807, 2.05) is 36.4 Å². The van der Waals surface area contributed by atoms with E-state index in [1.165, 1.54) is 5.56 Å². The third-order valence-electron chi connectivity index (χ3n) is 4.39. The van der Waals surface area contributed by atoms with Crippen molar-refractivity contribution in [3.8, 4) is 0 Å². The molecule has 0 atom stereocenters. The number of benzene rings is 2. The lowest BCUT2D eigenvalue weighted by Crippen LogP contribution is -2.31. The number of nitrogens with zero attached hydrogens (tertiary/aromatic N) is 3. The lowest BCUT2D eigenvalue weighted by atomic mass is 10.2. The van der Waals surface area contributed by atoms with E-state index in [-0.39, 0.29) is 12.0 Å². The highest BCUT2D eigenvalue weighted by atomic mass is 16.5. The molecule has 0 unspecified atom stereocenters. The minimum absolute atomic E-state index is 0.245. The lowest BCUT2D eigenvalue weighted by Gasteiger charge is -2.27. The van der Waals surface area contributed by atoms with Gasteiger partial charge in [0.2, 0.25) is 5.95 Å². The first kappa shape index (κ1) is 20.3. The van der Waals surface area contributed by atoms with Gasteiger partial charge in [0.15, 0.2) is 0 Å². The fraction of sp³-hybridized carbons (Fsp3) is 0.261. The van der Waals surface area contributed by atoms with Crippen LogP contribution in [0.4, 0.5) is 17.5 Å². The third-order valence-corrected chi connectivity index (χ3v) is 4.39. The summed E-state index contributed by atoms with van der Waals surface area (Å²) < 4.78 is 5.01. The van der Waals surface area contributed by atoms with Crippen LogP contribution in [0.5, 0.6) is 0 Å². The smallest absolute Gasteiger partial charge is 0.338 e. The molecule has 6 nitrogen and oxygen atoms in total. The quantitative estimate of drug-likeness (QED) is 0.557. The summed E-state index contributed by atoms with van der Waals surface area (Å²) >= 11 is 0. The van der Waals surface area contributed by atoms with Gasteiger partial charge in [-0.05, 0) is 56.7 Å². The van der Waals surface area contributed by atoms with Crippen molar-refractivity contribution >= 4 is 23.4 Å². The molecule has 29 heavy (non-hydrogen) atoms. The standard InChI is InChI=1S/C23H26N4O2/c1-4-29-22(28)19-10-12-20(13-11-19)25-21-14-15-24-23(26-21)27(17(2)3)16-18-8-6-5-7-9-18/h5-15,17H,4,16H2,1-3H3,(H,24,25,26). The van der Waals surface area contributed by atoms with Gasteiger partial charge in [0.25, 0.3) is 0 Å². The summed E-state index contributed by atoms with van der Waals surface area (Å²) in [5, 5.41) is 3.27. The molecule has 0 saturated heterocycles. The van der Waals surface area contributed by atoms with E-state index in [0.29, 0.717) is 23.9 Å². The molecule has 0 amide bonds. The fourth-order valence-corrected chi connectivity index (χ4v) is 2.87. The molecule has 0 spiro atoms. The Morgan fingerprint density at radius 3 is 2.45 bits per heavy atom. The monoisotopic (exact) mass is 390 g/mol. The summed E-state index contributed by atoms with van der Waals surface area (Å²) in [6.45, 7) is 7.13. The molecular formula is C23H26N4O2. The maximum absolute atomic E-state index is 11.8. The third kappa shape index (κ3) is 5.54. The van der Waals surface area contributed by atoms with Crippen molar-refractivity contribution in [1.29, 1.82) is 0 Å². The van der Waals surface area contributed by atoms with E-state index in [4.69, 9.17) is 4.74 Å². The highest BCUT2D eigenvalue weighted by Gasteiger charge is 2.15. The SMILES string of the molecule is CCOC(=O)c1ccc(Nc2ccnc(N(Cc3ccccc3)C(C)C)n2)cc1. The molecule has 1 aromatic heterocycles. The Balaban J connectivity index is 1.75. The van der Waals surface area contributed by atoms with Gasteiger partial charge in [-0.25, -0.2) is 9.78 Å². The molecule has 0 aliphatic heterocycles. The molecule has 150 valence electrons. The van der Waals surface area contributed by atoms with Crippen LogP contribution in [-0.4, -0.2) is 28.6 Å². The number of carbonyl (C=O) groups excluding carboxylic acids is 1. The van der Waals surface area contributed by atoms with Gasteiger partial charge in [-0.2, -0.15) is 4.98 Å². The number of ether oxygens (including phenoxy) is 1. The van der Waals surface area contributed by atoms with Gasteiger partial charge in [-0.3, -0.25) is 0 Å². The fourth-order valence-electron chi connectivity index (χ4n) is 2.87. The summed E-state index contributed by atoms with van der Waals surface area (Å²) in [7, 11) is 0. The summed E-state index contributed by atoms with van der Waals surface area (Å²) in [6.07, 6.45) is 1.75. The average molecular weight is 390 g/mol. The second kappa shape index (κ2) is 9.68. The van der Waals surface area contributed by atoms with Crippen LogP contribution in [0.15, 0.2) is 66.9 Å².